The Balaban J connectivity index is 1.65. The lowest BCUT2D eigenvalue weighted by Crippen LogP contribution is -2.17. The summed E-state index contributed by atoms with van der Waals surface area (Å²) in [4.78, 5) is 11.8. The van der Waals surface area contributed by atoms with E-state index in [1.54, 1.807) is 6.08 Å². The van der Waals surface area contributed by atoms with E-state index in [-0.39, 0.29) is 11.5 Å². The number of carbonyl (C=O) groups is 1. The van der Waals surface area contributed by atoms with Gasteiger partial charge in [0.2, 0.25) is 0 Å². The Morgan fingerprint density at radius 3 is 2.50 bits per heavy atom. The largest absolute Gasteiger partial charge is 0.458 e. The van der Waals surface area contributed by atoms with Crippen LogP contribution < -0.4 is 0 Å². The second kappa shape index (κ2) is 7.01. The fraction of sp³-hybridized carbons (Fsp3) is 0.211. The number of esters is 1. The van der Waals surface area contributed by atoms with Gasteiger partial charge in [-0.15, -0.1) is 0 Å². The predicted octanol–water partition coefficient (Wildman–Crippen LogP) is 3.10. The van der Waals surface area contributed by atoms with Gasteiger partial charge in [-0.3, -0.25) is 0 Å². The highest BCUT2D eigenvalue weighted by Gasteiger charge is 2.30. The number of carbonyl (C=O) groups excluding carboxylic acids is 1. The van der Waals surface area contributed by atoms with Crippen molar-refractivity contribution in [1.29, 1.82) is 0 Å². The van der Waals surface area contributed by atoms with Crippen LogP contribution in [0.4, 0.5) is 0 Å². The SMILES string of the molecule is O=C(/C=C/c1cccc(-c2ccccc2)c1)O[C@@H]1CCS(=O)(=O)C1. The van der Waals surface area contributed by atoms with E-state index in [4.69, 9.17) is 4.74 Å². The molecule has 0 spiro atoms. The van der Waals surface area contributed by atoms with Crippen molar-refractivity contribution in [3.05, 3.63) is 66.2 Å². The highest BCUT2D eigenvalue weighted by Crippen LogP contribution is 2.21. The number of rotatable bonds is 4. The number of hydrogen-bond donors (Lipinski definition) is 0. The molecule has 3 rings (SSSR count). The van der Waals surface area contributed by atoms with Crippen LogP contribution in [0.15, 0.2) is 60.7 Å². The number of ether oxygens (including phenoxy) is 1. The fourth-order valence-corrected chi connectivity index (χ4v) is 4.26. The van der Waals surface area contributed by atoms with Crippen LogP contribution in [-0.2, 0) is 19.4 Å². The first-order valence-electron chi connectivity index (χ1n) is 7.76. The number of hydrogen-bond acceptors (Lipinski definition) is 4. The van der Waals surface area contributed by atoms with Crippen LogP contribution >= 0.6 is 0 Å². The molecule has 5 heteroatoms. The molecule has 0 radical (unpaired) electrons. The molecule has 1 fully saturated rings. The van der Waals surface area contributed by atoms with Crippen LogP contribution in [0.3, 0.4) is 0 Å². The van der Waals surface area contributed by atoms with Crippen LogP contribution in [0.5, 0.6) is 0 Å². The molecule has 124 valence electrons. The molecule has 24 heavy (non-hydrogen) atoms. The summed E-state index contributed by atoms with van der Waals surface area (Å²) in [5.74, 6) is -0.494. The van der Waals surface area contributed by atoms with Gasteiger partial charge >= 0.3 is 5.97 Å². The molecule has 0 saturated carbocycles. The number of benzene rings is 2. The first kappa shape index (κ1) is 16.5. The summed E-state index contributed by atoms with van der Waals surface area (Å²) in [7, 11) is -3.05. The Hall–Kier alpha value is -2.40. The van der Waals surface area contributed by atoms with Gasteiger partial charge < -0.3 is 4.74 Å². The van der Waals surface area contributed by atoms with Crippen molar-refractivity contribution in [2.45, 2.75) is 12.5 Å². The summed E-state index contributed by atoms with van der Waals surface area (Å²) in [5, 5.41) is 0. The van der Waals surface area contributed by atoms with Crippen molar-refractivity contribution in [2.24, 2.45) is 0 Å². The average Bonchev–Trinajstić information content (AvgIpc) is 2.92. The lowest BCUT2D eigenvalue weighted by Gasteiger charge is -2.07. The van der Waals surface area contributed by atoms with E-state index in [0.717, 1.165) is 16.7 Å². The maximum Gasteiger partial charge on any atom is 0.331 e. The quantitative estimate of drug-likeness (QED) is 0.633. The third-order valence-corrected chi connectivity index (χ3v) is 5.62. The summed E-state index contributed by atoms with van der Waals surface area (Å²) >= 11 is 0. The third kappa shape index (κ3) is 4.32. The van der Waals surface area contributed by atoms with Crippen molar-refractivity contribution < 1.29 is 17.9 Å². The molecular formula is C19H18O4S. The standard InChI is InChI=1S/C19H18O4S/c20-19(23-18-11-12-24(21,22)14-18)10-9-15-5-4-8-17(13-15)16-6-2-1-3-7-16/h1-10,13,18H,11-12,14H2/b10-9+/t18-/m1/s1. The smallest absolute Gasteiger partial charge is 0.331 e. The molecule has 1 atom stereocenters. The van der Waals surface area contributed by atoms with Crippen molar-refractivity contribution in [3.63, 3.8) is 0 Å². The van der Waals surface area contributed by atoms with E-state index in [9.17, 15) is 13.2 Å². The van der Waals surface area contributed by atoms with E-state index in [1.807, 2.05) is 54.6 Å². The van der Waals surface area contributed by atoms with Crippen molar-refractivity contribution >= 4 is 21.9 Å². The lowest BCUT2D eigenvalue weighted by atomic mass is 10.0. The minimum Gasteiger partial charge on any atom is -0.458 e. The molecule has 4 nitrogen and oxygen atoms in total. The predicted molar refractivity (Wildman–Crippen MR) is 94.1 cm³/mol. The van der Waals surface area contributed by atoms with Gasteiger partial charge in [0.25, 0.3) is 0 Å². The molecule has 1 aliphatic heterocycles. The normalized spacial score (nSPS) is 19.4. The maximum absolute atomic E-state index is 11.8. The van der Waals surface area contributed by atoms with Gasteiger partial charge in [0.1, 0.15) is 6.10 Å². The third-order valence-electron chi connectivity index (χ3n) is 3.88. The minimum absolute atomic E-state index is 0.0733. The summed E-state index contributed by atoms with van der Waals surface area (Å²) < 4.78 is 27.9. The lowest BCUT2D eigenvalue weighted by molar-refractivity contribution is -0.141. The van der Waals surface area contributed by atoms with E-state index < -0.39 is 21.9 Å². The van der Waals surface area contributed by atoms with E-state index in [1.165, 1.54) is 6.08 Å². The Bertz CT molecular complexity index is 854. The summed E-state index contributed by atoms with van der Waals surface area (Å²) in [5.41, 5.74) is 3.05. The zero-order valence-corrected chi connectivity index (χ0v) is 13.9. The highest BCUT2D eigenvalue weighted by molar-refractivity contribution is 7.91. The summed E-state index contributed by atoms with van der Waals surface area (Å²) in [6, 6.07) is 17.8. The van der Waals surface area contributed by atoms with Crippen molar-refractivity contribution in [2.75, 3.05) is 11.5 Å². The van der Waals surface area contributed by atoms with Gasteiger partial charge in [0.15, 0.2) is 9.84 Å². The first-order valence-corrected chi connectivity index (χ1v) is 9.59. The number of sulfone groups is 1. The van der Waals surface area contributed by atoms with E-state index >= 15 is 0 Å². The molecule has 0 bridgehead atoms. The first-order chi connectivity index (χ1) is 11.5. The average molecular weight is 342 g/mol. The van der Waals surface area contributed by atoms with Crippen molar-refractivity contribution in [3.8, 4) is 11.1 Å². The van der Waals surface area contributed by atoms with Gasteiger partial charge in [-0.2, -0.15) is 0 Å². The van der Waals surface area contributed by atoms with Gasteiger partial charge in [-0.05, 0) is 35.3 Å². The topological polar surface area (TPSA) is 60.4 Å². The van der Waals surface area contributed by atoms with Crippen LogP contribution in [0.2, 0.25) is 0 Å². The summed E-state index contributed by atoms with van der Waals surface area (Å²) in [6.45, 7) is 0. The zero-order chi connectivity index (χ0) is 17.0. The molecule has 0 amide bonds. The van der Waals surface area contributed by atoms with E-state index in [0.29, 0.717) is 6.42 Å². The minimum atomic E-state index is -3.05. The molecule has 0 aliphatic carbocycles. The highest BCUT2D eigenvalue weighted by atomic mass is 32.2. The van der Waals surface area contributed by atoms with Gasteiger partial charge in [-0.1, -0.05) is 48.5 Å². The van der Waals surface area contributed by atoms with Crippen molar-refractivity contribution in [1.82, 2.24) is 0 Å². The molecule has 0 N–H and O–H groups in total. The monoisotopic (exact) mass is 342 g/mol. The van der Waals surface area contributed by atoms with Crippen LogP contribution in [0.1, 0.15) is 12.0 Å². The molecule has 0 aromatic heterocycles. The van der Waals surface area contributed by atoms with E-state index in [2.05, 4.69) is 0 Å². The second-order valence-corrected chi connectivity index (χ2v) is 8.02. The molecule has 1 aliphatic rings. The Labute approximate surface area is 141 Å². The van der Waals surface area contributed by atoms with Gasteiger partial charge in [0, 0.05) is 6.08 Å². The van der Waals surface area contributed by atoms with Crippen LogP contribution in [0, 0.1) is 0 Å². The van der Waals surface area contributed by atoms with Gasteiger partial charge in [-0.25, -0.2) is 13.2 Å². The van der Waals surface area contributed by atoms with Crippen LogP contribution in [-0.4, -0.2) is 32.0 Å². The fourth-order valence-electron chi connectivity index (χ4n) is 2.67. The molecule has 1 saturated heterocycles. The summed E-state index contributed by atoms with van der Waals surface area (Å²) in [6.07, 6.45) is 2.88. The second-order valence-electron chi connectivity index (χ2n) is 5.79. The molecule has 2 aromatic rings. The zero-order valence-electron chi connectivity index (χ0n) is 13.1. The Morgan fingerprint density at radius 1 is 1.04 bits per heavy atom. The Kier molecular flexibility index (Phi) is 4.81. The van der Waals surface area contributed by atoms with Gasteiger partial charge in [0.05, 0.1) is 11.5 Å². The Morgan fingerprint density at radius 2 is 1.79 bits per heavy atom. The molecule has 0 unspecified atom stereocenters. The molecular weight excluding hydrogens is 324 g/mol. The maximum atomic E-state index is 11.8. The molecule has 2 aromatic carbocycles. The molecule has 1 heterocycles. The van der Waals surface area contributed by atoms with Crippen LogP contribution in [0.25, 0.3) is 17.2 Å².